The van der Waals surface area contributed by atoms with Crippen LogP contribution in [-0.2, 0) is 14.2 Å². The Morgan fingerprint density at radius 2 is 0.850 bits per heavy atom. The van der Waals surface area contributed by atoms with Gasteiger partial charge in [0.1, 0.15) is 0 Å². The number of hydrogen-bond acceptors (Lipinski definition) is 10. The molecule has 0 fully saturated rings. The zero-order chi connectivity index (χ0) is 28.2. The van der Waals surface area contributed by atoms with Gasteiger partial charge in [0.2, 0.25) is 0 Å². The number of carbonyl (C=O) groups is 3. The number of esters is 3. The smallest absolute Gasteiger partial charge is 0.338 e. The molecule has 0 radical (unpaired) electrons. The summed E-state index contributed by atoms with van der Waals surface area (Å²) in [7, 11) is 4.01. The van der Waals surface area contributed by atoms with Gasteiger partial charge in [-0.3, -0.25) is 19.9 Å². The Morgan fingerprint density at radius 1 is 0.475 bits per heavy atom. The van der Waals surface area contributed by atoms with E-state index in [-0.39, 0.29) is 5.97 Å². The van der Waals surface area contributed by atoms with Crippen molar-refractivity contribution in [2.24, 2.45) is 0 Å². The summed E-state index contributed by atoms with van der Waals surface area (Å²) in [6.45, 7) is 0. The highest BCUT2D eigenvalue weighted by molar-refractivity contribution is 6.15. The molecule has 198 valence electrons. The van der Waals surface area contributed by atoms with Gasteiger partial charge in [-0.05, 0) is 24.3 Å². The Bertz CT molecular complexity index is 1860. The molecule has 6 aromatic rings. The fourth-order valence-corrected chi connectivity index (χ4v) is 4.45. The number of nitrogens with zero attached hydrogens (tertiary/aromatic N) is 4. The number of hydrogen-bond donors (Lipinski definition) is 0. The minimum atomic E-state index is -0.448. The molecule has 2 aromatic carbocycles. The molecule has 0 unspecified atom stereocenters. The van der Waals surface area contributed by atoms with Gasteiger partial charge in [0.15, 0.2) is 0 Å². The number of pyridine rings is 4. The monoisotopic (exact) mass is 534 g/mol. The summed E-state index contributed by atoms with van der Waals surface area (Å²) >= 11 is 0. The summed E-state index contributed by atoms with van der Waals surface area (Å²) in [5, 5.41) is 3.00. The molecule has 10 nitrogen and oxygen atoms in total. The summed E-state index contributed by atoms with van der Waals surface area (Å²) in [6, 6.07) is 15.9. The highest BCUT2D eigenvalue weighted by atomic mass is 16.5. The second-order valence-electron chi connectivity index (χ2n) is 8.45. The number of rotatable bonds is 3. The van der Waals surface area contributed by atoms with E-state index < -0.39 is 11.9 Å². The third-order valence-electron chi connectivity index (χ3n) is 6.32. The van der Waals surface area contributed by atoms with E-state index in [1.165, 1.54) is 33.7 Å². The van der Waals surface area contributed by atoms with E-state index in [1.54, 1.807) is 42.7 Å². The molecule has 4 heterocycles. The SMILES string of the molecule is COC(=O)c1ccnc2c1ccc1c(C(=O)OC)ccnc12.COC(=O)c1ccnc2c1ccc1cccnc12. The Hall–Kier alpha value is -5.51. The molecule has 6 rings (SSSR count). The molecule has 40 heavy (non-hydrogen) atoms. The maximum absolute atomic E-state index is 11.8. The topological polar surface area (TPSA) is 130 Å². The van der Waals surface area contributed by atoms with E-state index in [0.717, 1.165) is 21.8 Å². The van der Waals surface area contributed by atoms with E-state index in [0.29, 0.717) is 38.5 Å². The summed E-state index contributed by atoms with van der Waals surface area (Å²) in [4.78, 5) is 52.6. The Kier molecular flexibility index (Phi) is 7.23. The molecule has 0 spiro atoms. The van der Waals surface area contributed by atoms with Crippen LogP contribution in [0, 0.1) is 0 Å². The molecule has 0 aliphatic heterocycles. The van der Waals surface area contributed by atoms with Gasteiger partial charge in [-0.15, -0.1) is 0 Å². The van der Waals surface area contributed by atoms with Crippen molar-refractivity contribution in [2.75, 3.05) is 21.3 Å². The first-order chi connectivity index (χ1) is 19.5. The van der Waals surface area contributed by atoms with E-state index in [9.17, 15) is 14.4 Å². The number of carbonyl (C=O) groups excluding carboxylic acids is 3. The van der Waals surface area contributed by atoms with Crippen LogP contribution >= 0.6 is 0 Å². The van der Waals surface area contributed by atoms with Crippen LogP contribution in [0.3, 0.4) is 0 Å². The first kappa shape index (κ1) is 26.1. The highest BCUT2D eigenvalue weighted by Crippen LogP contribution is 2.27. The molecule has 0 N–H and O–H groups in total. The van der Waals surface area contributed by atoms with Gasteiger partial charge in [0.25, 0.3) is 0 Å². The normalized spacial score (nSPS) is 10.7. The quantitative estimate of drug-likeness (QED) is 0.175. The lowest BCUT2D eigenvalue weighted by molar-refractivity contribution is 0.0593. The van der Waals surface area contributed by atoms with Gasteiger partial charge in [0.05, 0.1) is 60.1 Å². The standard InChI is InChI=1S/C16H12N2O4.C14H10N2O2/c1-21-15(19)11-5-7-17-13-9(11)3-4-10-12(16(20)22-2)6-8-18-14(10)13;1-18-14(17)11-6-8-16-13-10(11)5-4-9-3-2-7-15-12(9)13/h3-8H,1-2H3;2-8H,1H3. The van der Waals surface area contributed by atoms with Gasteiger partial charge in [-0.2, -0.15) is 0 Å². The van der Waals surface area contributed by atoms with Crippen LogP contribution in [0.1, 0.15) is 31.1 Å². The van der Waals surface area contributed by atoms with Gasteiger partial charge >= 0.3 is 17.9 Å². The van der Waals surface area contributed by atoms with Crippen molar-refractivity contribution in [1.82, 2.24) is 19.9 Å². The third kappa shape index (κ3) is 4.62. The highest BCUT2D eigenvalue weighted by Gasteiger charge is 2.17. The summed E-state index contributed by atoms with van der Waals surface area (Å²) in [5.74, 6) is -1.26. The number of aromatic nitrogens is 4. The maximum Gasteiger partial charge on any atom is 0.338 e. The number of benzene rings is 2. The van der Waals surface area contributed by atoms with Crippen molar-refractivity contribution in [3.63, 3.8) is 0 Å². The molecule has 0 aliphatic carbocycles. The molecule has 0 bridgehead atoms. The molecule has 0 saturated carbocycles. The van der Waals surface area contributed by atoms with Crippen LogP contribution in [0.5, 0.6) is 0 Å². The molecular formula is C30H22N4O6. The largest absolute Gasteiger partial charge is 0.465 e. The summed E-state index contributed by atoms with van der Waals surface area (Å²) in [5.41, 5.74) is 3.89. The fourth-order valence-electron chi connectivity index (χ4n) is 4.45. The second-order valence-corrected chi connectivity index (χ2v) is 8.45. The van der Waals surface area contributed by atoms with Gasteiger partial charge < -0.3 is 14.2 Å². The van der Waals surface area contributed by atoms with Crippen molar-refractivity contribution < 1.29 is 28.6 Å². The Balaban J connectivity index is 0.000000164. The van der Waals surface area contributed by atoms with E-state index in [2.05, 4.69) is 19.9 Å². The van der Waals surface area contributed by atoms with Crippen LogP contribution in [0.15, 0.2) is 79.4 Å². The lowest BCUT2D eigenvalue weighted by Crippen LogP contribution is -2.05. The number of fused-ring (bicyclic) bond motifs is 6. The van der Waals surface area contributed by atoms with Gasteiger partial charge in [-0.25, -0.2) is 14.4 Å². The van der Waals surface area contributed by atoms with E-state index in [1.807, 2.05) is 24.3 Å². The zero-order valence-electron chi connectivity index (χ0n) is 21.7. The second kappa shape index (κ2) is 11.1. The van der Waals surface area contributed by atoms with Crippen LogP contribution in [0.2, 0.25) is 0 Å². The van der Waals surface area contributed by atoms with Crippen molar-refractivity contribution in [2.45, 2.75) is 0 Å². The Labute approximate surface area is 227 Å². The van der Waals surface area contributed by atoms with Crippen molar-refractivity contribution in [1.29, 1.82) is 0 Å². The minimum absolute atomic E-state index is 0.363. The molecular weight excluding hydrogens is 512 g/mol. The molecule has 0 atom stereocenters. The van der Waals surface area contributed by atoms with Crippen LogP contribution in [0.4, 0.5) is 0 Å². The zero-order valence-corrected chi connectivity index (χ0v) is 21.7. The number of ether oxygens (including phenoxy) is 3. The van der Waals surface area contributed by atoms with Crippen LogP contribution in [0.25, 0.3) is 43.6 Å². The molecule has 0 amide bonds. The van der Waals surface area contributed by atoms with Crippen molar-refractivity contribution in [3.05, 3.63) is 96.1 Å². The first-order valence-electron chi connectivity index (χ1n) is 12.0. The van der Waals surface area contributed by atoms with Crippen LogP contribution in [-0.4, -0.2) is 59.2 Å². The van der Waals surface area contributed by atoms with Crippen molar-refractivity contribution >= 4 is 61.5 Å². The lowest BCUT2D eigenvalue weighted by Gasteiger charge is -2.08. The molecule has 0 saturated heterocycles. The summed E-state index contributed by atoms with van der Waals surface area (Å²) in [6.07, 6.45) is 6.35. The maximum atomic E-state index is 11.8. The molecule has 10 heteroatoms. The van der Waals surface area contributed by atoms with Gasteiger partial charge in [-0.1, -0.05) is 30.3 Å². The first-order valence-corrected chi connectivity index (χ1v) is 12.0. The molecule has 4 aromatic heterocycles. The Morgan fingerprint density at radius 3 is 1.27 bits per heavy atom. The van der Waals surface area contributed by atoms with Crippen molar-refractivity contribution in [3.8, 4) is 0 Å². The predicted octanol–water partition coefficient (Wildman–Crippen LogP) is 4.93. The average Bonchev–Trinajstić information content (AvgIpc) is 3.02. The van der Waals surface area contributed by atoms with E-state index >= 15 is 0 Å². The molecule has 0 aliphatic rings. The predicted molar refractivity (Wildman–Crippen MR) is 148 cm³/mol. The summed E-state index contributed by atoms with van der Waals surface area (Å²) < 4.78 is 14.3. The van der Waals surface area contributed by atoms with Gasteiger partial charge in [0, 0.05) is 46.3 Å². The number of methoxy groups -OCH3 is 3. The average molecular weight is 535 g/mol. The van der Waals surface area contributed by atoms with Crippen LogP contribution < -0.4 is 0 Å². The fraction of sp³-hybridized carbons (Fsp3) is 0.100. The minimum Gasteiger partial charge on any atom is -0.465 e. The third-order valence-corrected chi connectivity index (χ3v) is 6.32. The van der Waals surface area contributed by atoms with E-state index in [4.69, 9.17) is 14.2 Å². The lowest BCUT2D eigenvalue weighted by atomic mass is 10.0.